The lowest BCUT2D eigenvalue weighted by Crippen LogP contribution is -2.61. The molecule has 1 aliphatic rings. The molecule has 1 heterocycles. The quantitative estimate of drug-likeness (QED) is 0.682. The van der Waals surface area contributed by atoms with Crippen LogP contribution in [0.25, 0.3) is 0 Å². The van der Waals surface area contributed by atoms with Crippen LogP contribution in [0, 0.1) is 0 Å². The Morgan fingerprint density at radius 3 is 2.00 bits per heavy atom. The van der Waals surface area contributed by atoms with Gasteiger partial charge in [-0.15, -0.1) is 0 Å². The molecule has 3 nitrogen and oxygen atoms in total. The van der Waals surface area contributed by atoms with Gasteiger partial charge in [0.15, 0.2) is 0 Å². The fraction of sp³-hybridized carbons (Fsp3) is 0.818. The standard InChI is InChI=1S/C11H18ClNO2/c1-10(2)5-8(14)6-11(3,4)13(10)7-9(12)15/h5-7H2,1-4H3. The predicted molar refractivity (Wildman–Crippen MR) is 60.0 cm³/mol. The van der Waals surface area contributed by atoms with Crippen molar-refractivity contribution in [1.29, 1.82) is 0 Å². The molecule has 0 aromatic rings. The van der Waals surface area contributed by atoms with Crippen molar-refractivity contribution in [3.05, 3.63) is 0 Å². The van der Waals surface area contributed by atoms with Crippen molar-refractivity contribution in [1.82, 2.24) is 4.90 Å². The largest absolute Gasteiger partial charge is 0.300 e. The lowest BCUT2D eigenvalue weighted by atomic mass is 9.79. The molecule has 0 bridgehead atoms. The highest BCUT2D eigenvalue weighted by molar-refractivity contribution is 6.64. The summed E-state index contributed by atoms with van der Waals surface area (Å²) in [5, 5.41) is -0.370. The second kappa shape index (κ2) is 3.87. The highest BCUT2D eigenvalue weighted by atomic mass is 35.5. The van der Waals surface area contributed by atoms with Crippen LogP contribution in [-0.2, 0) is 9.59 Å². The second-order valence-corrected chi connectivity index (χ2v) is 5.88. The number of carbonyl (C=O) groups excluding carboxylic acids is 2. The summed E-state index contributed by atoms with van der Waals surface area (Å²) in [4.78, 5) is 24.6. The Balaban J connectivity index is 2.97. The van der Waals surface area contributed by atoms with Gasteiger partial charge in [-0.05, 0) is 39.3 Å². The summed E-state index contributed by atoms with van der Waals surface area (Å²) >= 11 is 5.44. The van der Waals surface area contributed by atoms with E-state index in [0.717, 1.165) is 0 Å². The third-order valence-corrected chi connectivity index (χ3v) is 3.12. The Morgan fingerprint density at radius 1 is 1.27 bits per heavy atom. The minimum absolute atomic E-state index is 0.203. The van der Waals surface area contributed by atoms with Crippen molar-refractivity contribution in [2.45, 2.75) is 51.6 Å². The van der Waals surface area contributed by atoms with Gasteiger partial charge in [-0.3, -0.25) is 14.5 Å². The molecule has 0 aromatic carbocycles. The Bertz CT molecular complexity index is 277. The lowest BCUT2D eigenvalue weighted by Gasteiger charge is -2.51. The molecule has 0 aromatic heterocycles. The van der Waals surface area contributed by atoms with Crippen LogP contribution in [-0.4, -0.2) is 33.5 Å². The molecule has 0 atom stereocenters. The van der Waals surface area contributed by atoms with E-state index >= 15 is 0 Å². The van der Waals surface area contributed by atoms with Crippen LogP contribution in [0.1, 0.15) is 40.5 Å². The first kappa shape index (κ1) is 12.7. The van der Waals surface area contributed by atoms with E-state index in [4.69, 9.17) is 11.6 Å². The van der Waals surface area contributed by atoms with Gasteiger partial charge in [0.1, 0.15) is 5.78 Å². The third kappa shape index (κ3) is 2.79. The molecule has 0 spiro atoms. The van der Waals surface area contributed by atoms with Crippen molar-refractivity contribution in [3.63, 3.8) is 0 Å². The van der Waals surface area contributed by atoms with Crippen molar-refractivity contribution < 1.29 is 9.59 Å². The third-order valence-electron chi connectivity index (χ3n) is 3.00. The number of ketones is 1. The molecule has 0 radical (unpaired) electrons. The van der Waals surface area contributed by atoms with Crippen molar-refractivity contribution in [2.75, 3.05) is 6.54 Å². The summed E-state index contributed by atoms with van der Waals surface area (Å²) in [5.74, 6) is 0.253. The predicted octanol–water partition coefficient (Wildman–Crippen LogP) is 1.97. The molecule has 1 saturated heterocycles. The molecule has 1 fully saturated rings. The fourth-order valence-corrected chi connectivity index (χ4v) is 2.71. The van der Waals surface area contributed by atoms with Crippen molar-refractivity contribution in [2.24, 2.45) is 0 Å². The molecular formula is C11H18ClNO2. The maximum atomic E-state index is 11.6. The zero-order chi connectivity index (χ0) is 11.9. The molecule has 1 aliphatic heterocycles. The molecule has 0 saturated carbocycles. The molecule has 4 heteroatoms. The summed E-state index contributed by atoms with van der Waals surface area (Å²) in [5.41, 5.74) is -0.577. The van der Waals surface area contributed by atoms with Crippen LogP contribution in [0.15, 0.2) is 0 Å². The van der Waals surface area contributed by atoms with Gasteiger partial charge >= 0.3 is 0 Å². The van der Waals surface area contributed by atoms with Crippen LogP contribution in [0.2, 0.25) is 0 Å². The number of likely N-dealkylation sites (tertiary alicyclic amines) is 1. The molecule has 15 heavy (non-hydrogen) atoms. The first-order chi connectivity index (χ1) is 6.65. The smallest absolute Gasteiger partial charge is 0.235 e. The number of carbonyl (C=O) groups is 2. The lowest BCUT2D eigenvalue weighted by molar-refractivity contribution is -0.136. The molecule has 0 N–H and O–H groups in total. The Labute approximate surface area is 95.8 Å². The molecule has 1 rings (SSSR count). The van der Waals surface area contributed by atoms with Crippen molar-refractivity contribution in [3.8, 4) is 0 Å². The highest BCUT2D eigenvalue weighted by Crippen LogP contribution is 2.36. The van der Waals surface area contributed by atoms with Gasteiger partial charge in [-0.25, -0.2) is 0 Å². The Kier molecular flexibility index (Phi) is 3.27. The Hall–Kier alpha value is -0.410. The van der Waals surface area contributed by atoms with Gasteiger partial charge in [-0.1, -0.05) is 0 Å². The molecule has 0 amide bonds. The maximum Gasteiger partial charge on any atom is 0.235 e. The molecule has 0 aliphatic carbocycles. The van der Waals surface area contributed by atoms with E-state index in [9.17, 15) is 9.59 Å². The average molecular weight is 232 g/mol. The first-order valence-corrected chi connectivity index (χ1v) is 5.51. The van der Waals surface area contributed by atoms with E-state index in [-0.39, 0.29) is 28.6 Å². The zero-order valence-electron chi connectivity index (χ0n) is 9.76. The van der Waals surface area contributed by atoms with Crippen LogP contribution >= 0.6 is 11.6 Å². The summed E-state index contributed by atoms with van der Waals surface area (Å²) < 4.78 is 0. The number of hydrogen-bond acceptors (Lipinski definition) is 3. The van der Waals surface area contributed by atoms with Crippen LogP contribution in [0.3, 0.4) is 0 Å². The van der Waals surface area contributed by atoms with Crippen molar-refractivity contribution >= 4 is 22.6 Å². The van der Waals surface area contributed by atoms with E-state index in [2.05, 4.69) is 0 Å². The number of halogens is 1. The number of hydrogen-bond donors (Lipinski definition) is 0. The number of Topliss-reactive ketones (excluding diaryl/α,β-unsaturated/α-hetero) is 1. The summed E-state index contributed by atoms with van der Waals surface area (Å²) in [6, 6.07) is 0. The van der Waals surface area contributed by atoms with Gasteiger partial charge in [0.2, 0.25) is 5.24 Å². The number of nitrogens with zero attached hydrogens (tertiary/aromatic N) is 1. The zero-order valence-corrected chi connectivity index (χ0v) is 10.5. The SMILES string of the molecule is CC1(C)CC(=O)CC(C)(C)N1CC(=O)Cl. The molecule has 0 unspecified atom stereocenters. The summed E-state index contributed by atoms with van der Waals surface area (Å²) in [6.45, 7) is 8.11. The van der Waals surface area contributed by atoms with Gasteiger partial charge in [0, 0.05) is 23.9 Å². The fourth-order valence-electron chi connectivity index (χ4n) is 2.59. The maximum absolute atomic E-state index is 11.6. The normalized spacial score (nSPS) is 25.3. The monoisotopic (exact) mass is 231 g/mol. The highest BCUT2D eigenvalue weighted by Gasteiger charge is 2.45. The van der Waals surface area contributed by atoms with Crippen LogP contribution in [0.4, 0.5) is 0 Å². The van der Waals surface area contributed by atoms with E-state index in [1.807, 2.05) is 32.6 Å². The average Bonchev–Trinajstić information content (AvgIpc) is 1.94. The second-order valence-electron chi connectivity index (χ2n) is 5.46. The van der Waals surface area contributed by atoms with E-state index in [1.54, 1.807) is 0 Å². The van der Waals surface area contributed by atoms with Crippen LogP contribution in [0.5, 0.6) is 0 Å². The first-order valence-electron chi connectivity index (χ1n) is 5.13. The minimum Gasteiger partial charge on any atom is -0.300 e. The van der Waals surface area contributed by atoms with Gasteiger partial charge < -0.3 is 0 Å². The minimum atomic E-state index is -0.370. The van der Waals surface area contributed by atoms with Gasteiger partial charge in [0.05, 0.1) is 6.54 Å². The van der Waals surface area contributed by atoms with E-state index in [0.29, 0.717) is 12.8 Å². The topological polar surface area (TPSA) is 37.4 Å². The number of rotatable bonds is 2. The van der Waals surface area contributed by atoms with Crippen LogP contribution < -0.4 is 0 Å². The van der Waals surface area contributed by atoms with Gasteiger partial charge in [-0.2, -0.15) is 0 Å². The molecular weight excluding hydrogens is 214 g/mol. The number of piperidine rings is 1. The Morgan fingerprint density at radius 2 is 1.67 bits per heavy atom. The van der Waals surface area contributed by atoms with E-state index < -0.39 is 0 Å². The summed E-state index contributed by atoms with van der Waals surface area (Å²) in [7, 11) is 0. The van der Waals surface area contributed by atoms with Gasteiger partial charge in [0.25, 0.3) is 0 Å². The summed E-state index contributed by atoms with van der Waals surface area (Å²) in [6.07, 6.45) is 0.973. The molecule has 86 valence electrons. The van der Waals surface area contributed by atoms with E-state index in [1.165, 1.54) is 0 Å².